The van der Waals surface area contributed by atoms with Crippen molar-refractivity contribution in [1.82, 2.24) is 0 Å². The van der Waals surface area contributed by atoms with Crippen LogP contribution in [0.15, 0.2) is 18.2 Å². The number of ether oxygens (including phenoxy) is 1. The summed E-state index contributed by atoms with van der Waals surface area (Å²) in [5, 5.41) is 19.8. The zero-order valence-electron chi connectivity index (χ0n) is 10.7. The molecular formula is C13H15N3O3. The molecule has 0 saturated heterocycles. The normalized spacial score (nSPS) is 13.9. The summed E-state index contributed by atoms with van der Waals surface area (Å²) >= 11 is 0. The summed E-state index contributed by atoms with van der Waals surface area (Å²) in [5.41, 5.74) is 0.806. The fourth-order valence-electron chi connectivity index (χ4n) is 2.05. The fourth-order valence-corrected chi connectivity index (χ4v) is 2.05. The van der Waals surface area contributed by atoms with Crippen LogP contribution < -0.4 is 4.90 Å². The lowest BCUT2D eigenvalue weighted by molar-refractivity contribution is -0.385. The van der Waals surface area contributed by atoms with E-state index in [2.05, 4.69) is 4.90 Å². The lowest BCUT2D eigenvalue weighted by Crippen LogP contribution is -2.29. The van der Waals surface area contributed by atoms with Crippen molar-refractivity contribution in [3.63, 3.8) is 0 Å². The Labute approximate surface area is 111 Å². The topological polar surface area (TPSA) is 79.4 Å². The van der Waals surface area contributed by atoms with Gasteiger partial charge in [-0.1, -0.05) is 0 Å². The van der Waals surface area contributed by atoms with Crippen LogP contribution in [0.5, 0.6) is 0 Å². The summed E-state index contributed by atoms with van der Waals surface area (Å²) in [6, 6.07) is 7.04. The van der Waals surface area contributed by atoms with E-state index in [0.29, 0.717) is 12.6 Å². The lowest BCUT2D eigenvalue weighted by atomic mass is 10.1. The molecule has 19 heavy (non-hydrogen) atoms. The first-order valence-corrected chi connectivity index (χ1v) is 6.11. The van der Waals surface area contributed by atoms with Crippen molar-refractivity contribution in [3.8, 4) is 6.07 Å². The largest absolute Gasteiger partial charge is 0.383 e. The van der Waals surface area contributed by atoms with Gasteiger partial charge in [-0.3, -0.25) is 10.1 Å². The summed E-state index contributed by atoms with van der Waals surface area (Å²) in [5.74, 6) is 0. The monoisotopic (exact) mass is 261 g/mol. The van der Waals surface area contributed by atoms with E-state index in [-0.39, 0.29) is 11.3 Å². The van der Waals surface area contributed by atoms with Crippen molar-refractivity contribution >= 4 is 11.4 Å². The standard InChI is InChI=1S/C13H15N3O3/c1-19-7-6-15(11-2-3-11)12-4-5-13(16(17)18)10(8-12)9-14/h4-5,8,11H,2-3,6-7H2,1H3. The minimum atomic E-state index is -0.529. The predicted octanol–water partition coefficient (Wildman–Crippen LogP) is 2.08. The molecule has 1 aliphatic rings. The van der Waals surface area contributed by atoms with Crippen molar-refractivity contribution in [2.24, 2.45) is 0 Å². The number of nitro benzene ring substituents is 1. The number of rotatable bonds is 6. The van der Waals surface area contributed by atoms with Gasteiger partial charge in [-0.2, -0.15) is 5.26 Å². The SMILES string of the molecule is COCCN(c1ccc([N+](=O)[O-])c(C#N)c1)C1CC1. The molecule has 0 atom stereocenters. The predicted molar refractivity (Wildman–Crippen MR) is 70.1 cm³/mol. The van der Waals surface area contributed by atoms with Crippen LogP contribution in [0.25, 0.3) is 0 Å². The van der Waals surface area contributed by atoms with Gasteiger partial charge in [-0.05, 0) is 25.0 Å². The highest BCUT2D eigenvalue weighted by Gasteiger charge is 2.29. The van der Waals surface area contributed by atoms with Crippen molar-refractivity contribution in [2.75, 3.05) is 25.2 Å². The summed E-state index contributed by atoms with van der Waals surface area (Å²) < 4.78 is 5.08. The van der Waals surface area contributed by atoms with Gasteiger partial charge in [0.25, 0.3) is 5.69 Å². The second kappa shape index (κ2) is 5.67. The third-order valence-corrected chi connectivity index (χ3v) is 3.15. The number of benzene rings is 1. The molecule has 0 aromatic heterocycles. The highest BCUT2D eigenvalue weighted by atomic mass is 16.6. The first-order chi connectivity index (χ1) is 9.17. The van der Waals surface area contributed by atoms with E-state index in [1.807, 2.05) is 6.07 Å². The van der Waals surface area contributed by atoms with Crippen LogP contribution in [-0.2, 0) is 4.74 Å². The molecule has 1 aromatic rings. The molecule has 0 bridgehead atoms. The average molecular weight is 261 g/mol. The first-order valence-electron chi connectivity index (χ1n) is 6.11. The molecule has 1 aromatic carbocycles. The Morgan fingerprint density at radius 1 is 1.58 bits per heavy atom. The Hall–Kier alpha value is -2.13. The van der Waals surface area contributed by atoms with Crippen molar-refractivity contribution in [2.45, 2.75) is 18.9 Å². The van der Waals surface area contributed by atoms with Gasteiger partial charge in [0.15, 0.2) is 0 Å². The minimum absolute atomic E-state index is 0.102. The van der Waals surface area contributed by atoms with Crippen LogP contribution in [0.4, 0.5) is 11.4 Å². The third-order valence-electron chi connectivity index (χ3n) is 3.15. The molecular weight excluding hydrogens is 246 g/mol. The van der Waals surface area contributed by atoms with Gasteiger partial charge in [0, 0.05) is 31.5 Å². The quantitative estimate of drug-likeness (QED) is 0.578. The van der Waals surface area contributed by atoms with E-state index in [1.54, 1.807) is 19.2 Å². The molecule has 0 amide bonds. The number of hydrogen-bond acceptors (Lipinski definition) is 5. The number of hydrogen-bond donors (Lipinski definition) is 0. The maximum atomic E-state index is 10.8. The highest BCUT2D eigenvalue weighted by Crippen LogP contribution is 2.33. The molecule has 0 heterocycles. The van der Waals surface area contributed by atoms with E-state index in [9.17, 15) is 10.1 Å². The van der Waals surface area contributed by atoms with Gasteiger partial charge in [-0.25, -0.2) is 0 Å². The summed E-state index contributed by atoms with van der Waals surface area (Å²) in [7, 11) is 1.64. The number of anilines is 1. The van der Waals surface area contributed by atoms with E-state index in [0.717, 1.165) is 25.1 Å². The van der Waals surface area contributed by atoms with E-state index >= 15 is 0 Å². The van der Waals surface area contributed by atoms with Gasteiger partial charge in [-0.15, -0.1) is 0 Å². The Bertz CT molecular complexity index is 520. The molecule has 6 heteroatoms. The van der Waals surface area contributed by atoms with E-state index in [4.69, 9.17) is 10.00 Å². The second-order valence-corrected chi connectivity index (χ2v) is 4.49. The van der Waals surface area contributed by atoms with Gasteiger partial charge in [0.05, 0.1) is 11.5 Å². The van der Waals surface area contributed by atoms with E-state index in [1.165, 1.54) is 6.07 Å². The first kappa shape index (κ1) is 13.3. The Morgan fingerprint density at radius 3 is 2.84 bits per heavy atom. The third kappa shape index (κ3) is 3.01. The number of nitro groups is 1. The van der Waals surface area contributed by atoms with Gasteiger partial charge >= 0.3 is 0 Å². The molecule has 1 fully saturated rings. The Balaban J connectivity index is 2.28. The molecule has 1 saturated carbocycles. The molecule has 0 spiro atoms. The maximum absolute atomic E-state index is 10.8. The van der Waals surface area contributed by atoms with Gasteiger partial charge in [0.2, 0.25) is 0 Å². The van der Waals surface area contributed by atoms with Crippen molar-refractivity contribution in [1.29, 1.82) is 5.26 Å². The average Bonchev–Trinajstić information content (AvgIpc) is 3.23. The van der Waals surface area contributed by atoms with Crippen molar-refractivity contribution < 1.29 is 9.66 Å². The number of methoxy groups -OCH3 is 1. The smallest absolute Gasteiger partial charge is 0.287 e. The van der Waals surface area contributed by atoms with Crippen molar-refractivity contribution in [3.05, 3.63) is 33.9 Å². The van der Waals surface area contributed by atoms with Crippen LogP contribution >= 0.6 is 0 Å². The summed E-state index contributed by atoms with van der Waals surface area (Å²) in [4.78, 5) is 12.4. The molecule has 2 rings (SSSR count). The zero-order chi connectivity index (χ0) is 13.8. The summed E-state index contributed by atoms with van der Waals surface area (Å²) in [6.45, 7) is 1.32. The molecule has 1 aliphatic carbocycles. The molecule has 0 aliphatic heterocycles. The summed E-state index contributed by atoms with van der Waals surface area (Å²) in [6.07, 6.45) is 2.23. The fraction of sp³-hybridized carbons (Fsp3) is 0.462. The lowest BCUT2D eigenvalue weighted by Gasteiger charge is -2.24. The Morgan fingerprint density at radius 2 is 2.32 bits per heavy atom. The van der Waals surface area contributed by atoms with Gasteiger partial charge in [0.1, 0.15) is 11.6 Å². The zero-order valence-corrected chi connectivity index (χ0v) is 10.7. The van der Waals surface area contributed by atoms with Crippen LogP contribution in [0.3, 0.4) is 0 Å². The molecule has 6 nitrogen and oxygen atoms in total. The minimum Gasteiger partial charge on any atom is -0.383 e. The highest BCUT2D eigenvalue weighted by molar-refractivity contribution is 5.60. The van der Waals surface area contributed by atoms with Crippen LogP contribution in [-0.4, -0.2) is 31.2 Å². The molecule has 100 valence electrons. The van der Waals surface area contributed by atoms with Crippen LogP contribution in [0, 0.1) is 21.4 Å². The molecule has 0 radical (unpaired) electrons. The number of nitrogens with zero attached hydrogens (tertiary/aromatic N) is 3. The Kier molecular flexibility index (Phi) is 3.97. The van der Waals surface area contributed by atoms with E-state index < -0.39 is 4.92 Å². The molecule has 0 unspecified atom stereocenters. The second-order valence-electron chi connectivity index (χ2n) is 4.49. The van der Waals surface area contributed by atoms with Gasteiger partial charge < -0.3 is 9.64 Å². The van der Waals surface area contributed by atoms with Crippen LogP contribution in [0.1, 0.15) is 18.4 Å². The number of nitriles is 1. The maximum Gasteiger partial charge on any atom is 0.287 e. The van der Waals surface area contributed by atoms with Crippen LogP contribution in [0.2, 0.25) is 0 Å². The molecule has 0 N–H and O–H groups in total.